The van der Waals surface area contributed by atoms with E-state index in [9.17, 15) is 14.4 Å². The van der Waals surface area contributed by atoms with Crippen LogP contribution in [0.25, 0.3) is 0 Å². The number of hydrogen-bond acceptors (Lipinski definition) is 6. The molecular formula is C19H26N4O4. The maximum absolute atomic E-state index is 12.2. The van der Waals surface area contributed by atoms with E-state index in [-0.39, 0.29) is 5.92 Å². The summed E-state index contributed by atoms with van der Waals surface area (Å²) in [5.41, 5.74) is 2.27. The van der Waals surface area contributed by atoms with Crippen LogP contribution in [0.2, 0.25) is 0 Å². The number of hydrazone groups is 1. The van der Waals surface area contributed by atoms with Gasteiger partial charge in [-0.25, -0.2) is 9.59 Å². The molecule has 1 aromatic rings. The zero-order valence-corrected chi connectivity index (χ0v) is 16.1. The van der Waals surface area contributed by atoms with E-state index < -0.39 is 24.0 Å². The van der Waals surface area contributed by atoms with Crippen molar-refractivity contribution in [1.82, 2.24) is 10.6 Å². The van der Waals surface area contributed by atoms with E-state index in [1.165, 1.54) is 6.92 Å². The summed E-state index contributed by atoms with van der Waals surface area (Å²) in [6.07, 6.45) is -0.172. The molecule has 2 N–H and O–H groups in total. The van der Waals surface area contributed by atoms with Crippen molar-refractivity contribution in [3.63, 3.8) is 0 Å². The Morgan fingerprint density at radius 2 is 1.85 bits per heavy atom. The average molecular weight is 374 g/mol. The van der Waals surface area contributed by atoms with Gasteiger partial charge in [0.25, 0.3) is 5.91 Å². The Kier molecular flexibility index (Phi) is 6.92. The maximum Gasteiger partial charge on any atom is 0.338 e. The lowest BCUT2D eigenvalue weighted by atomic mass is 10.2. The Balaban J connectivity index is 1.86. The number of nitrogens with one attached hydrogen (secondary N) is 2. The highest BCUT2D eigenvalue weighted by Crippen LogP contribution is 2.20. The van der Waals surface area contributed by atoms with Crippen LogP contribution in [0.4, 0.5) is 10.5 Å². The van der Waals surface area contributed by atoms with Gasteiger partial charge in [0, 0.05) is 25.2 Å². The summed E-state index contributed by atoms with van der Waals surface area (Å²) in [6, 6.07) is 6.20. The monoisotopic (exact) mass is 374 g/mol. The van der Waals surface area contributed by atoms with Crippen LogP contribution in [0.5, 0.6) is 0 Å². The van der Waals surface area contributed by atoms with Crippen molar-refractivity contribution < 1.29 is 19.1 Å². The van der Waals surface area contributed by atoms with Gasteiger partial charge in [0.1, 0.15) is 0 Å². The van der Waals surface area contributed by atoms with Crippen molar-refractivity contribution in [1.29, 1.82) is 0 Å². The summed E-state index contributed by atoms with van der Waals surface area (Å²) >= 11 is 0. The molecule has 0 saturated carbocycles. The molecule has 0 spiro atoms. The molecule has 8 heteroatoms. The third kappa shape index (κ3) is 6.09. The average Bonchev–Trinajstić information content (AvgIpc) is 3.06. The molecule has 1 aromatic carbocycles. The molecule has 1 unspecified atom stereocenters. The number of rotatable bonds is 6. The molecule has 1 aliphatic rings. The topological polar surface area (TPSA) is 100 Å². The predicted octanol–water partition coefficient (Wildman–Crippen LogP) is 2.30. The Morgan fingerprint density at radius 3 is 2.41 bits per heavy atom. The first-order chi connectivity index (χ1) is 12.8. The van der Waals surface area contributed by atoms with Crippen molar-refractivity contribution in [2.75, 3.05) is 18.1 Å². The van der Waals surface area contributed by atoms with E-state index in [1.807, 2.05) is 25.8 Å². The molecule has 2 rings (SSSR count). The molecule has 0 aromatic heterocycles. The number of ether oxygens (including phenoxy) is 1. The molecule has 0 bridgehead atoms. The summed E-state index contributed by atoms with van der Waals surface area (Å²) in [6.45, 7) is 8.52. The van der Waals surface area contributed by atoms with Crippen LogP contribution in [0.3, 0.4) is 0 Å². The van der Waals surface area contributed by atoms with Gasteiger partial charge in [-0.05, 0) is 44.0 Å². The highest BCUT2D eigenvalue weighted by molar-refractivity contribution is 5.98. The number of carbonyl (C=O) groups is 3. The van der Waals surface area contributed by atoms with E-state index in [0.717, 1.165) is 24.4 Å². The van der Waals surface area contributed by atoms with Gasteiger partial charge in [-0.15, -0.1) is 0 Å². The summed E-state index contributed by atoms with van der Waals surface area (Å²) in [4.78, 5) is 35.8. The van der Waals surface area contributed by atoms with Crippen molar-refractivity contribution in [2.24, 2.45) is 11.0 Å². The second kappa shape index (κ2) is 9.16. The number of esters is 1. The summed E-state index contributed by atoms with van der Waals surface area (Å²) < 4.78 is 5.13. The SMILES string of the molecule is CC1=NN(c2ccc(C(=O)OC(C)C(=O)NC(=O)NCC(C)C)cc2)CC1. The number of urea groups is 1. The van der Waals surface area contributed by atoms with Crippen molar-refractivity contribution in [2.45, 2.75) is 40.2 Å². The molecule has 1 aliphatic heterocycles. The molecule has 1 atom stereocenters. The van der Waals surface area contributed by atoms with Crippen LogP contribution >= 0.6 is 0 Å². The Bertz CT molecular complexity index is 728. The highest BCUT2D eigenvalue weighted by Gasteiger charge is 2.21. The summed E-state index contributed by atoms with van der Waals surface area (Å²) in [5, 5.41) is 11.0. The lowest BCUT2D eigenvalue weighted by Crippen LogP contribution is -2.45. The van der Waals surface area contributed by atoms with Crippen molar-refractivity contribution in [3.8, 4) is 0 Å². The predicted molar refractivity (Wildman–Crippen MR) is 103 cm³/mol. The van der Waals surface area contributed by atoms with Gasteiger partial charge >= 0.3 is 12.0 Å². The summed E-state index contributed by atoms with van der Waals surface area (Å²) in [5.74, 6) is -1.05. The largest absolute Gasteiger partial charge is 0.449 e. The molecule has 0 aliphatic carbocycles. The van der Waals surface area contributed by atoms with Gasteiger partial charge < -0.3 is 10.1 Å². The van der Waals surface area contributed by atoms with Gasteiger partial charge in [0.05, 0.1) is 11.3 Å². The number of hydrogen-bond donors (Lipinski definition) is 2. The molecule has 1 heterocycles. The van der Waals surface area contributed by atoms with Crippen LogP contribution in [0, 0.1) is 5.92 Å². The fourth-order valence-corrected chi connectivity index (χ4v) is 2.37. The first-order valence-corrected chi connectivity index (χ1v) is 8.97. The van der Waals surface area contributed by atoms with Crippen molar-refractivity contribution >= 4 is 29.3 Å². The standard InChI is InChI=1S/C19H26N4O4/c1-12(2)11-20-19(26)21-17(24)14(4)27-18(25)15-5-7-16(8-6-15)23-10-9-13(3)22-23/h5-8,12,14H,9-11H2,1-4H3,(H2,20,21,24,26). The number of imide groups is 1. The minimum absolute atomic E-state index is 0.263. The molecule has 146 valence electrons. The fourth-order valence-electron chi connectivity index (χ4n) is 2.37. The minimum Gasteiger partial charge on any atom is -0.449 e. The van der Waals surface area contributed by atoms with Gasteiger partial charge in [-0.2, -0.15) is 5.10 Å². The quantitative estimate of drug-likeness (QED) is 0.744. The maximum atomic E-state index is 12.2. The normalized spacial score (nSPS) is 14.6. The van der Waals surface area contributed by atoms with E-state index in [2.05, 4.69) is 15.7 Å². The Hall–Kier alpha value is -2.90. The second-order valence-electron chi connectivity index (χ2n) is 6.90. The lowest BCUT2D eigenvalue weighted by Gasteiger charge is -2.15. The summed E-state index contributed by atoms with van der Waals surface area (Å²) in [7, 11) is 0. The van der Waals surface area contributed by atoms with E-state index >= 15 is 0 Å². The van der Waals surface area contributed by atoms with Crippen LogP contribution in [-0.4, -0.2) is 42.8 Å². The number of nitrogens with zero attached hydrogens (tertiary/aromatic N) is 2. The molecular weight excluding hydrogens is 348 g/mol. The molecule has 0 fully saturated rings. The van der Waals surface area contributed by atoms with Crippen LogP contribution < -0.4 is 15.6 Å². The highest BCUT2D eigenvalue weighted by atomic mass is 16.5. The van der Waals surface area contributed by atoms with E-state index in [4.69, 9.17) is 4.74 Å². The zero-order chi connectivity index (χ0) is 20.0. The van der Waals surface area contributed by atoms with Crippen LogP contribution in [-0.2, 0) is 9.53 Å². The van der Waals surface area contributed by atoms with Gasteiger partial charge in [-0.3, -0.25) is 15.1 Å². The Morgan fingerprint density at radius 1 is 1.19 bits per heavy atom. The number of anilines is 1. The third-order valence-electron chi connectivity index (χ3n) is 3.94. The minimum atomic E-state index is -1.09. The molecule has 0 radical (unpaired) electrons. The first kappa shape index (κ1) is 20.4. The zero-order valence-electron chi connectivity index (χ0n) is 16.1. The first-order valence-electron chi connectivity index (χ1n) is 8.97. The third-order valence-corrected chi connectivity index (χ3v) is 3.94. The molecule has 8 nitrogen and oxygen atoms in total. The van der Waals surface area contributed by atoms with E-state index in [0.29, 0.717) is 12.1 Å². The molecule has 27 heavy (non-hydrogen) atoms. The van der Waals surface area contributed by atoms with Crippen molar-refractivity contribution in [3.05, 3.63) is 29.8 Å². The number of benzene rings is 1. The molecule has 0 saturated heterocycles. The number of amides is 3. The van der Waals surface area contributed by atoms with Gasteiger partial charge in [0.15, 0.2) is 6.10 Å². The van der Waals surface area contributed by atoms with Crippen LogP contribution in [0.15, 0.2) is 29.4 Å². The second-order valence-corrected chi connectivity index (χ2v) is 6.90. The lowest BCUT2D eigenvalue weighted by molar-refractivity contribution is -0.127. The van der Waals surface area contributed by atoms with Gasteiger partial charge in [0.2, 0.25) is 0 Å². The van der Waals surface area contributed by atoms with Gasteiger partial charge in [-0.1, -0.05) is 13.8 Å². The van der Waals surface area contributed by atoms with Crippen LogP contribution in [0.1, 0.15) is 44.5 Å². The fraction of sp³-hybridized carbons (Fsp3) is 0.474. The smallest absolute Gasteiger partial charge is 0.338 e. The Labute approximate surface area is 158 Å². The number of carbonyl (C=O) groups excluding carboxylic acids is 3. The molecule has 3 amide bonds. The van der Waals surface area contributed by atoms with E-state index in [1.54, 1.807) is 24.3 Å².